The normalized spacial score (nSPS) is 10.7. The molecule has 0 heterocycles. The number of benzene rings is 1. The van der Waals surface area contributed by atoms with Gasteiger partial charge in [-0.05, 0) is 51.5 Å². The maximum atomic E-state index is 12.7. The number of esters is 1. The van der Waals surface area contributed by atoms with Gasteiger partial charge in [-0.15, -0.1) is 0 Å². The van der Waals surface area contributed by atoms with Crippen LogP contribution in [0.2, 0.25) is 0 Å². The van der Waals surface area contributed by atoms with Crippen molar-refractivity contribution in [2.24, 2.45) is 0 Å². The third-order valence-electron chi connectivity index (χ3n) is 4.25. The van der Waals surface area contributed by atoms with Gasteiger partial charge in [0.15, 0.2) is 0 Å². The molecule has 0 bridgehead atoms. The van der Waals surface area contributed by atoms with Crippen molar-refractivity contribution in [3.8, 4) is 0 Å². The molecule has 0 aliphatic heterocycles. The smallest absolute Gasteiger partial charge is 0.307 e. The van der Waals surface area contributed by atoms with E-state index in [-0.39, 0.29) is 18.3 Å². The molecule has 0 aliphatic rings. The van der Waals surface area contributed by atoms with Gasteiger partial charge in [-0.1, -0.05) is 32.0 Å². The molecule has 1 rings (SSSR count). The molecule has 0 aromatic heterocycles. The highest BCUT2D eigenvalue weighted by atomic mass is 16.5. The van der Waals surface area contributed by atoms with E-state index < -0.39 is 0 Å². The standard InChI is InChI=1S/C20H32N2O3/c1-4-21(5-2)15-10-11-16-22(17-14-19(23)25-6-3)20(24)18-12-8-7-9-13-18/h7-9,12-13H,4-6,10-11,14-17H2,1-3H3. The predicted octanol–water partition coefficient (Wildman–Crippen LogP) is 3.20. The average Bonchev–Trinajstić information content (AvgIpc) is 2.64. The summed E-state index contributed by atoms with van der Waals surface area (Å²) >= 11 is 0. The van der Waals surface area contributed by atoms with Crippen LogP contribution in [0.3, 0.4) is 0 Å². The number of hydrogen-bond acceptors (Lipinski definition) is 4. The first kappa shape index (κ1) is 21.2. The molecule has 0 radical (unpaired) electrons. The maximum Gasteiger partial charge on any atom is 0.307 e. The van der Waals surface area contributed by atoms with E-state index in [0.717, 1.165) is 32.5 Å². The molecular formula is C20H32N2O3. The highest BCUT2D eigenvalue weighted by Gasteiger charge is 2.17. The first-order chi connectivity index (χ1) is 12.1. The first-order valence-electron chi connectivity index (χ1n) is 9.34. The van der Waals surface area contributed by atoms with E-state index in [4.69, 9.17) is 4.74 Å². The highest BCUT2D eigenvalue weighted by molar-refractivity contribution is 5.94. The molecule has 5 heteroatoms. The topological polar surface area (TPSA) is 49.9 Å². The van der Waals surface area contributed by atoms with Crippen LogP contribution in [-0.4, -0.2) is 61.0 Å². The fourth-order valence-corrected chi connectivity index (χ4v) is 2.72. The second-order valence-electron chi connectivity index (χ2n) is 5.95. The quantitative estimate of drug-likeness (QED) is 0.430. The van der Waals surface area contributed by atoms with E-state index in [9.17, 15) is 9.59 Å². The van der Waals surface area contributed by atoms with Crippen molar-refractivity contribution in [2.45, 2.75) is 40.0 Å². The van der Waals surface area contributed by atoms with Crippen molar-refractivity contribution in [2.75, 3.05) is 39.3 Å². The molecular weight excluding hydrogens is 316 g/mol. The fraction of sp³-hybridized carbons (Fsp3) is 0.600. The lowest BCUT2D eigenvalue weighted by Crippen LogP contribution is -2.34. The molecule has 25 heavy (non-hydrogen) atoms. The van der Waals surface area contributed by atoms with Crippen molar-refractivity contribution in [3.05, 3.63) is 35.9 Å². The van der Waals surface area contributed by atoms with E-state index in [1.54, 1.807) is 11.8 Å². The Hall–Kier alpha value is -1.88. The number of amides is 1. The van der Waals surface area contributed by atoms with Gasteiger partial charge in [0.05, 0.1) is 13.0 Å². The largest absolute Gasteiger partial charge is 0.466 e. The molecule has 0 aliphatic carbocycles. The van der Waals surface area contributed by atoms with E-state index in [1.165, 1.54) is 0 Å². The van der Waals surface area contributed by atoms with Gasteiger partial charge in [-0.2, -0.15) is 0 Å². The Bertz CT molecular complexity index is 501. The summed E-state index contributed by atoms with van der Waals surface area (Å²) in [4.78, 5) is 28.5. The second kappa shape index (κ2) is 12.5. The lowest BCUT2D eigenvalue weighted by Gasteiger charge is -2.23. The van der Waals surface area contributed by atoms with Gasteiger partial charge in [-0.3, -0.25) is 9.59 Å². The minimum atomic E-state index is -0.253. The van der Waals surface area contributed by atoms with Crippen LogP contribution in [0.15, 0.2) is 30.3 Å². The Kier molecular flexibility index (Phi) is 10.6. The number of unbranched alkanes of at least 4 members (excludes halogenated alkanes) is 1. The van der Waals surface area contributed by atoms with Crippen molar-refractivity contribution < 1.29 is 14.3 Å². The summed E-state index contributed by atoms with van der Waals surface area (Å²) in [6, 6.07) is 9.24. The van der Waals surface area contributed by atoms with Gasteiger partial charge >= 0.3 is 5.97 Å². The van der Waals surface area contributed by atoms with Crippen LogP contribution >= 0.6 is 0 Å². The zero-order chi connectivity index (χ0) is 18.5. The lowest BCUT2D eigenvalue weighted by atomic mass is 10.1. The summed E-state index contributed by atoms with van der Waals surface area (Å²) in [5.41, 5.74) is 0.662. The van der Waals surface area contributed by atoms with Gasteiger partial charge in [0, 0.05) is 18.7 Å². The summed E-state index contributed by atoms with van der Waals surface area (Å²) in [5, 5.41) is 0. The molecule has 0 spiro atoms. The van der Waals surface area contributed by atoms with Gasteiger partial charge < -0.3 is 14.5 Å². The van der Waals surface area contributed by atoms with Crippen LogP contribution in [0.4, 0.5) is 0 Å². The van der Waals surface area contributed by atoms with Gasteiger partial charge in [0.1, 0.15) is 0 Å². The van der Waals surface area contributed by atoms with Crippen LogP contribution in [0.25, 0.3) is 0 Å². The maximum absolute atomic E-state index is 12.7. The van der Waals surface area contributed by atoms with Crippen LogP contribution in [-0.2, 0) is 9.53 Å². The van der Waals surface area contributed by atoms with Crippen molar-refractivity contribution in [1.82, 2.24) is 9.80 Å². The minimum Gasteiger partial charge on any atom is -0.466 e. The number of carbonyl (C=O) groups excluding carboxylic acids is 2. The zero-order valence-electron chi connectivity index (χ0n) is 15.9. The fourth-order valence-electron chi connectivity index (χ4n) is 2.72. The molecule has 0 fully saturated rings. The lowest BCUT2D eigenvalue weighted by molar-refractivity contribution is -0.143. The third-order valence-corrected chi connectivity index (χ3v) is 4.25. The molecule has 1 aromatic rings. The summed E-state index contributed by atoms with van der Waals surface area (Å²) in [7, 11) is 0. The van der Waals surface area contributed by atoms with Crippen LogP contribution in [0, 0.1) is 0 Å². The van der Waals surface area contributed by atoms with E-state index in [1.807, 2.05) is 30.3 Å². The molecule has 0 unspecified atom stereocenters. The Morgan fingerprint density at radius 3 is 2.16 bits per heavy atom. The summed E-state index contributed by atoms with van der Waals surface area (Å²) in [6.45, 7) is 10.7. The molecule has 1 aromatic carbocycles. The molecule has 140 valence electrons. The van der Waals surface area contributed by atoms with Gasteiger partial charge in [-0.25, -0.2) is 0 Å². The van der Waals surface area contributed by atoms with Crippen molar-refractivity contribution >= 4 is 11.9 Å². The molecule has 0 saturated heterocycles. The molecule has 0 N–H and O–H groups in total. The predicted molar refractivity (Wildman–Crippen MR) is 101 cm³/mol. The molecule has 5 nitrogen and oxygen atoms in total. The molecule has 0 saturated carbocycles. The number of nitrogens with zero attached hydrogens (tertiary/aromatic N) is 2. The third kappa shape index (κ3) is 8.16. The average molecular weight is 348 g/mol. The Balaban J connectivity index is 2.58. The van der Waals surface area contributed by atoms with Crippen LogP contribution in [0.1, 0.15) is 50.4 Å². The van der Waals surface area contributed by atoms with Crippen molar-refractivity contribution in [3.63, 3.8) is 0 Å². The molecule has 0 atom stereocenters. The van der Waals surface area contributed by atoms with Crippen LogP contribution in [0.5, 0.6) is 0 Å². The molecule has 1 amide bonds. The monoisotopic (exact) mass is 348 g/mol. The minimum absolute atomic E-state index is 0.0206. The number of carbonyl (C=O) groups is 2. The summed E-state index contributed by atoms with van der Waals surface area (Å²) in [6.07, 6.45) is 2.21. The number of ether oxygens (including phenoxy) is 1. The number of rotatable bonds is 12. The summed E-state index contributed by atoms with van der Waals surface area (Å²) < 4.78 is 4.98. The Morgan fingerprint density at radius 2 is 1.56 bits per heavy atom. The number of hydrogen-bond donors (Lipinski definition) is 0. The van der Waals surface area contributed by atoms with Gasteiger partial charge in [0.2, 0.25) is 0 Å². The van der Waals surface area contributed by atoms with E-state index >= 15 is 0 Å². The Labute approximate surface area is 151 Å². The highest BCUT2D eigenvalue weighted by Crippen LogP contribution is 2.08. The van der Waals surface area contributed by atoms with E-state index in [2.05, 4.69) is 18.7 Å². The van der Waals surface area contributed by atoms with Crippen molar-refractivity contribution in [1.29, 1.82) is 0 Å². The first-order valence-corrected chi connectivity index (χ1v) is 9.34. The second-order valence-corrected chi connectivity index (χ2v) is 5.95. The SMILES string of the molecule is CCOC(=O)CCN(CCCCN(CC)CC)C(=O)c1ccccc1. The summed E-state index contributed by atoms with van der Waals surface area (Å²) in [5.74, 6) is -0.274. The van der Waals surface area contributed by atoms with Gasteiger partial charge in [0.25, 0.3) is 5.91 Å². The van der Waals surface area contributed by atoms with E-state index in [0.29, 0.717) is 25.3 Å². The zero-order valence-corrected chi connectivity index (χ0v) is 15.9. The Morgan fingerprint density at radius 1 is 0.920 bits per heavy atom. The van der Waals surface area contributed by atoms with Crippen LogP contribution < -0.4 is 0 Å².